The van der Waals surface area contributed by atoms with E-state index in [0.717, 1.165) is 11.1 Å². The van der Waals surface area contributed by atoms with Crippen molar-refractivity contribution in [2.75, 3.05) is 19.6 Å². The van der Waals surface area contributed by atoms with Crippen molar-refractivity contribution in [2.24, 2.45) is 29.0 Å². The second-order valence-corrected chi connectivity index (χ2v) is 24.7. The lowest BCUT2D eigenvalue weighted by Gasteiger charge is -2.35. The fraction of sp³-hybridized carbons (Fsp3) is 0.435. The van der Waals surface area contributed by atoms with E-state index in [9.17, 15) is 39.6 Å². The van der Waals surface area contributed by atoms with Crippen molar-refractivity contribution in [2.45, 2.75) is 138 Å². The number of imide groups is 1. The van der Waals surface area contributed by atoms with Gasteiger partial charge in [0.05, 0.1) is 20.5 Å². The monoisotopic (exact) mass is 1220 g/mol. The Morgan fingerprint density at radius 1 is 0.524 bits per heavy atom. The standard InChI is InChI=1S/C62H78N10O8S4/c1-41(83-61(81)47-21-11-5-12-22-47)26-28-54(73)68-49(35-43-17-7-3-8-18-43)56(75)70-51(37-45(39-66)30-33-64)58(77)72(53(60(79)80)25-15-16-32-63)59(78)52(38-46(40-67)31-34-65)71-57(76)50(36-44-19-9-4-10-20-44)69-55(74)29-27-42(2)84-62(82)48-23-13-6-14-24-48/h3-14,17-24,41-42,45-46,49-53H,15-16,25-38,63-65H2,1-2H3,(H,68,73)(H,69,74)(H,70,75)(H,71,76)(H,79,80). The molecule has 0 aromatic heterocycles. The first-order valence-electron chi connectivity index (χ1n) is 28.2. The maximum absolute atomic E-state index is 15.6. The highest BCUT2D eigenvalue weighted by atomic mass is 32.2. The van der Waals surface area contributed by atoms with Gasteiger partial charge in [-0.1, -0.05) is 160 Å². The van der Waals surface area contributed by atoms with Crippen LogP contribution >= 0.6 is 48.0 Å². The zero-order valence-electron chi connectivity index (χ0n) is 47.6. The molecule has 9 unspecified atom stereocenters. The molecule has 0 fully saturated rings. The van der Waals surface area contributed by atoms with E-state index in [1.54, 1.807) is 60.7 Å². The third-order valence-corrected chi connectivity index (χ3v) is 17.0. The number of carbonyl (C=O) groups excluding carboxylic acids is 6. The molecule has 0 heterocycles. The van der Waals surface area contributed by atoms with Gasteiger partial charge in [-0.05, 0) is 99.7 Å². The van der Waals surface area contributed by atoms with E-state index in [1.165, 1.54) is 23.5 Å². The number of nitrogens with zero attached hydrogens (tertiary/aromatic N) is 3. The molecule has 84 heavy (non-hydrogen) atoms. The van der Waals surface area contributed by atoms with Crippen LogP contribution in [-0.4, -0.2) is 120 Å². The fourth-order valence-electron chi connectivity index (χ4n) is 9.11. The summed E-state index contributed by atoms with van der Waals surface area (Å²) in [7, 11) is 0. The molecular formula is C62H78N10O8S4. The van der Waals surface area contributed by atoms with E-state index >= 15 is 9.59 Å². The number of hydrogen-bond donors (Lipinski definition) is 8. The van der Waals surface area contributed by atoms with Crippen LogP contribution in [0.3, 0.4) is 0 Å². The summed E-state index contributed by atoms with van der Waals surface area (Å²) in [5.74, 6) is -8.87. The topological polar surface area (TPSA) is 317 Å². The van der Waals surface area contributed by atoms with Gasteiger partial charge in [-0.3, -0.25) is 33.7 Å². The van der Waals surface area contributed by atoms with Gasteiger partial charge in [0.2, 0.25) is 23.6 Å². The van der Waals surface area contributed by atoms with Crippen molar-refractivity contribution in [3.05, 3.63) is 144 Å². The number of aliphatic carboxylic acids is 1. The Morgan fingerprint density at radius 2 is 0.893 bits per heavy atom. The lowest BCUT2D eigenvalue weighted by molar-refractivity contribution is -0.161. The Hall–Kier alpha value is -6.89. The summed E-state index contributed by atoms with van der Waals surface area (Å²) in [5.41, 5.74) is 20.7. The van der Waals surface area contributed by atoms with E-state index in [1.807, 2.05) is 74.5 Å². The number of unbranched alkanes of at least 4 members (excludes halogenated alkanes) is 1. The summed E-state index contributed by atoms with van der Waals surface area (Å²) in [6.07, 6.45) is -0.138. The highest BCUT2D eigenvalue weighted by Gasteiger charge is 2.44. The van der Waals surface area contributed by atoms with Crippen LogP contribution in [-0.2, 0) is 46.4 Å². The van der Waals surface area contributed by atoms with Crippen molar-refractivity contribution < 1.29 is 38.7 Å². The van der Waals surface area contributed by atoms with Crippen molar-refractivity contribution in [1.29, 1.82) is 10.5 Å². The molecule has 6 amide bonds. The zero-order chi connectivity index (χ0) is 61.4. The Kier molecular flexibility index (Phi) is 31.6. The number of nitrogens with one attached hydrogen (secondary N) is 4. The molecule has 9 atom stereocenters. The fourth-order valence-corrected chi connectivity index (χ4v) is 12.1. The van der Waals surface area contributed by atoms with Gasteiger partial charge >= 0.3 is 5.97 Å². The highest BCUT2D eigenvalue weighted by molar-refractivity contribution is 8.24. The maximum Gasteiger partial charge on any atom is 0.326 e. The number of carbonyl (C=O) groups is 7. The number of rotatable bonds is 36. The number of nitriles is 2. The number of thiocarbonyl (C=S) groups is 2. The van der Waals surface area contributed by atoms with Gasteiger partial charge < -0.3 is 43.6 Å². The molecule has 0 bridgehead atoms. The molecule has 0 saturated carbocycles. The molecule has 18 nitrogen and oxygen atoms in total. The number of thioether (sulfide) groups is 2. The molecule has 0 radical (unpaired) electrons. The minimum absolute atomic E-state index is 0.00954. The quantitative estimate of drug-likeness (QED) is 0.0174. The average Bonchev–Trinajstić information content (AvgIpc) is 2.92. The molecule has 0 aliphatic rings. The molecule has 22 heteroatoms. The second-order valence-electron chi connectivity index (χ2n) is 20.4. The Balaban J connectivity index is 1.74. The number of nitrogens with two attached hydrogens (primary N) is 3. The van der Waals surface area contributed by atoms with E-state index in [-0.39, 0.29) is 87.9 Å². The predicted octanol–water partition coefficient (Wildman–Crippen LogP) is 6.66. The first-order chi connectivity index (χ1) is 40.4. The number of amides is 6. The number of carboxylic acids is 1. The average molecular weight is 1220 g/mol. The Labute approximate surface area is 512 Å². The summed E-state index contributed by atoms with van der Waals surface area (Å²) in [4.78, 5) is 102. The molecule has 0 saturated heterocycles. The van der Waals surface area contributed by atoms with E-state index in [4.69, 9.17) is 41.6 Å². The molecular weight excluding hydrogens is 1140 g/mol. The SMILES string of the molecule is CC(CCC(=O)NC(Cc1ccccc1)C(=O)NC(CC(C#N)CCN)C(=O)N(C(=O)C(CC(C#N)CCN)NC(=O)C(Cc1ccccc1)NC(=O)CCC(C)SC(=S)c1ccccc1)C(CCCCN)C(=O)O)SC(=S)c1ccccc1. The van der Waals surface area contributed by atoms with Crippen LogP contribution in [0.4, 0.5) is 0 Å². The number of carboxylic acid groups (broad SMARTS) is 1. The Bertz CT molecular complexity index is 2680. The predicted molar refractivity (Wildman–Crippen MR) is 338 cm³/mol. The van der Waals surface area contributed by atoms with Crippen molar-refractivity contribution in [3.63, 3.8) is 0 Å². The first-order valence-corrected chi connectivity index (χ1v) is 30.8. The van der Waals surface area contributed by atoms with Crippen LogP contribution in [0.5, 0.6) is 0 Å². The third kappa shape index (κ3) is 24.4. The molecule has 4 aromatic rings. The first kappa shape index (κ1) is 69.6. The van der Waals surface area contributed by atoms with Crippen LogP contribution in [0.2, 0.25) is 0 Å². The van der Waals surface area contributed by atoms with E-state index in [2.05, 4.69) is 33.4 Å². The van der Waals surface area contributed by atoms with Gasteiger partial charge in [-0.25, -0.2) is 4.79 Å². The maximum atomic E-state index is 15.6. The smallest absolute Gasteiger partial charge is 0.326 e. The van der Waals surface area contributed by atoms with Crippen molar-refractivity contribution in [3.8, 4) is 12.1 Å². The van der Waals surface area contributed by atoms with Gasteiger partial charge in [0.25, 0.3) is 11.8 Å². The zero-order valence-corrected chi connectivity index (χ0v) is 50.8. The van der Waals surface area contributed by atoms with E-state index in [0.29, 0.717) is 37.3 Å². The van der Waals surface area contributed by atoms with Crippen molar-refractivity contribution >= 4 is 97.8 Å². The largest absolute Gasteiger partial charge is 0.480 e. The molecule has 0 aliphatic carbocycles. The number of benzene rings is 4. The van der Waals surface area contributed by atoms with Gasteiger partial charge in [0.1, 0.15) is 30.2 Å². The molecule has 448 valence electrons. The summed E-state index contributed by atoms with van der Waals surface area (Å²) < 4.78 is 1.31. The van der Waals surface area contributed by atoms with Gasteiger partial charge in [0, 0.05) is 48.0 Å². The van der Waals surface area contributed by atoms with Gasteiger partial charge in [-0.2, -0.15) is 10.5 Å². The van der Waals surface area contributed by atoms with Crippen LogP contribution in [0.15, 0.2) is 121 Å². The van der Waals surface area contributed by atoms with Crippen LogP contribution in [0.1, 0.15) is 107 Å². The summed E-state index contributed by atoms with van der Waals surface area (Å²) >= 11 is 14.2. The molecule has 4 rings (SSSR count). The van der Waals surface area contributed by atoms with E-state index < -0.39 is 96.3 Å². The van der Waals surface area contributed by atoms with Crippen molar-refractivity contribution in [1.82, 2.24) is 26.2 Å². The van der Waals surface area contributed by atoms with Crippen LogP contribution in [0, 0.1) is 34.5 Å². The highest BCUT2D eigenvalue weighted by Crippen LogP contribution is 2.25. The number of hydrogen-bond acceptors (Lipinski definition) is 16. The van der Waals surface area contributed by atoms with Crippen LogP contribution in [0.25, 0.3) is 0 Å². The summed E-state index contributed by atoms with van der Waals surface area (Å²) in [6, 6.07) is 32.5. The normalized spacial score (nSPS) is 14.2. The lowest BCUT2D eigenvalue weighted by atomic mass is 9.93. The molecule has 0 spiro atoms. The molecule has 11 N–H and O–H groups in total. The van der Waals surface area contributed by atoms with Gasteiger partial charge in [0.15, 0.2) is 0 Å². The molecule has 4 aromatic carbocycles. The third-order valence-electron chi connectivity index (χ3n) is 13.7. The minimum Gasteiger partial charge on any atom is -0.480 e. The lowest BCUT2D eigenvalue weighted by Crippen LogP contribution is -2.63. The molecule has 0 aliphatic heterocycles. The summed E-state index contributed by atoms with van der Waals surface area (Å²) in [6.45, 7) is 3.97. The second kappa shape index (κ2) is 38.1. The Morgan fingerprint density at radius 3 is 1.23 bits per heavy atom. The summed E-state index contributed by atoms with van der Waals surface area (Å²) in [5, 5.41) is 42.6. The van der Waals surface area contributed by atoms with Gasteiger partial charge in [-0.15, -0.1) is 23.5 Å². The minimum atomic E-state index is -1.93. The van der Waals surface area contributed by atoms with Crippen LogP contribution < -0.4 is 38.5 Å².